The van der Waals surface area contributed by atoms with E-state index < -0.39 is 40.0 Å². The number of alkyl halides is 2. The molecule has 1 heterocycles. The molecule has 0 saturated carbocycles. The third kappa shape index (κ3) is 2.98. The van der Waals surface area contributed by atoms with E-state index in [0.29, 0.717) is 6.07 Å². The lowest BCUT2D eigenvalue weighted by Crippen LogP contribution is -2.14. The summed E-state index contributed by atoms with van der Waals surface area (Å²) < 4.78 is 30.2. The van der Waals surface area contributed by atoms with Crippen LogP contribution in [0.2, 0.25) is 0 Å². The standard InChI is InChI=1S/C10H7F2N3O4/c1-2-19-10(16)8-7(9(11)12)6(15(17)18)3-5(4-13)14-8/h3,9H,2H2,1H3. The topological polar surface area (TPSA) is 106 Å². The van der Waals surface area contributed by atoms with Crippen molar-refractivity contribution in [3.63, 3.8) is 0 Å². The van der Waals surface area contributed by atoms with Gasteiger partial charge in [0.1, 0.15) is 17.3 Å². The molecule has 0 fully saturated rings. The maximum atomic E-state index is 12.8. The van der Waals surface area contributed by atoms with E-state index in [9.17, 15) is 23.7 Å². The molecule has 0 aliphatic heterocycles. The van der Waals surface area contributed by atoms with Gasteiger partial charge in [-0.25, -0.2) is 18.6 Å². The van der Waals surface area contributed by atoms with Gasteiger partial charge < -0.3 is 4.74 Å². The molecule has 0 aliphatic rings. The minimum Gasteiger partial charge on any atom is -0.461 e. The highest BCUT2D eigenvalue weighted by Gasteiger charge is 2.32. The zero-order chi connectivity index (χ0) is 14.6. The lowest BCUT2D eigenvalue weighted by molar-refractivity contribution is -0.386. The van der Waals surface area contributed by atoms with E-state index in [1.165, 1.54) is 13.0 Å². The molecule has 0 saturated heterocycles. The zero-order valence-electron chi connectivity index (χ0n) is 9.59. The Hall–Kier alpha value is -2.63. The molecule has 19 heavy (non-hydrogen) atoms. The maximum Gasteiger partial charge on any atom is 0.357 e. The Bertz CT molecular complexity index is 569. The number of carbonyl (C=O) groups is 1. The number of esters is 1. The summed E-state index contributed by atoms with van der Waals surface area (Å²) in [6.07, 6.45) is -3.29. The smallest absolute Gasteiger partial charge is 0.357 e. The summed E-state index contributed by atoms with van der Waals surface area (Å²) in [5.74, 6) is -1.24. The van der Waals surface area contributed by atoms with Crippen molar-refractivity contribution in [1.82, 2.24) is 4.98 Å². The van der Waals surface area contributed by atoms with Crippen LogP contribution in [-0.4, -0.2) is 22.5 Å². The van der Waals surface area contributed by atoms with Crippen LogP contribution >= 0.6 is 0 Å². The first-order valence-electron chi connectivity index (χ1n) is 4.97. The summed E-state index contributed by atoms with van der Waals surface area (Å²) in [7, 11) is 0. The number of halogens is 2. The lowest BCUT2D eigenvalue weighted by atomic mass is 10.1. The van der Waals surface area contributed by atoms with Crippen LogP contribution in [0.1, 0.15) is 35.1 Å². The summed E-state index contributed by atoms with van der Waals surface area (Å²) in [4.78, 5) is 24.4. The van der Waals surface area contributed by atoms with Gasteiger partial charge in [-0.15, -0.1) is 0 Å². The molecule has 0 unspecified atom stereocenters. The van der Waals surface area contributed by atoms with Crippen molar-refractivity contribution in [1.29, 1.82) is 5.26 Å². The van der Waals surface area contributed by atoms with Gasteiger partial charge >= 0.3 is 5.97 Å². The summed E-state index contributed by atoms with van der Waals surface area (Å²) in [6, 6.07) is 2.05. The molecular weight excluding hydrogens is 264 g/mol. The number of nitro groups is 1. The molecule has 0 radical (unpaired) electrons. The fourth-order valence-electron chi connectivity index (χ4n) is 1.32. The Morgan fingerprint density at radius 2 is 2.32 bits per heavy atom. The van der Waals surface area contributed by atoms with Gasteiger partial charge in [0, 0.05) is 0 Å². The molecule has 0 aromatic carbocycles. The van der Waals surface area contributed by atoms with Crippen molar-refractivity contribution in [2.45, 2.75) is 13.3 Å². The van der Waals surface area contributed by atoms with Crippen molar-refractivity contribution < 1.29 is 23.2 Å². The van der Waals surface area contributed by atoms with E-state index >= 15 is 0 Å². The van der Waals surface area contributed by atoms with Crippen molar-refractivity contribution >= 4 is 11.7 Å². The van der Waals surface area contributed by atoms with Gasteiger partial charge in [0.25, 0.3) is 12.1 Å². The third-order valence-electron chi connectivity index (χ3n) is 2.04. The van der Waals surface area contributed by atoms with Crippen molar-refractivity contribution in [3.05, 3.63) is 33.1 Å². The summed E-state index contributed by atoms with van der Waals surface area (Å²) in [5.41, 5.74) is -3.62. The van der Waals surface area contributed by atoms with E-state index in [1.807, 2.05) is 0 Å². The van der Waals surface area contributed by atoms with Crippen LogP contribution in [0.25, 0.3) is 0 Å². The average molecular weight is 271 g/mol. The number of hydrogen-bond acceptors (Lipinski definition) is 6. The van der Waals surface area contributed by atoms with Gasteiger partial charge in [-0.05, 0) is 6.92 Å². The fourth-order valence-corrected chi connectivity index (χ4v) is 1.32. The monoisotopic (exact) mass is 271 g/mol. The minimum atomic E-state index is -3.29. The van der Waals surface area contributed by atoms with Gasteiger partial charge in [0.05, 0.1) is 17.6 Å². The lowest BCUT2D eigenvalue weighted by Gasteiger charge is -2.08. The first-order valence-corrected chi connectivity index (χ1v) is 4.97. The van der Waals surface area contributed by atoms with Crippen molar-refractivity contribution in [2.75, 3.05) is 6.61 Å². The highest BCUT2D eigenvalue weighted by Crippen LogP contribution is 2.32. The molecule has 1 aromatic heterocycles. The van der Waals surface area contributed by atoms with E-state index in [2.05, 4.69) is 9.72 Å². The Kier molecular flexibility index (Phi) is 4.41. The second-order valence-electron chi connectivity index (χ2n) is 3.18. The molecule has 0 spiro atoms. The second-order valence-corrected chi connectivity index (χ2v) is 3.18. The van der Waals surface area contributed by atoms with Gasteiger partial charge in [0.2, 0.25) is 0 Å². The highest BCUT2D eigenvalue weighted by atomic mass is 19.3. The zero-order valence-corrected chi connectivity index (χ0v) is 9.59. The molecule has 0 amide bonds. The maximum absolute atomic E-state index is 12.8. The SMILES string of the molecule is CCOC(=O)c1nc(C#N)cc([N+](=O)[O-])c1C(F)F. The molecule has 0 aliphatic carbocycles. The minimum absolute atomic E-state index is 0.117. The first-order chi connectivity index (χ1) is 8.92. The number of ether oxygens (including phenoxy) is 1. The van der Waals surface area contributed by atoms with Crippen LogP contribution in [0.15, 0.2) is 6.07 Å². The fraction of sp³-hybridized carbons (Fsp3) is 0.300. The highest BCUT2D eigenvalue weighted by molar-refractivity contribution is 5.90. The number of rotatable bonds is 4. The number of nitriles is 1. The average Bonchev–Trinajstić information content (AvgIpc) is 2.37. The van der Waals surface area contributed by atoms with E-state index in [1.54, 1.807) is 0 Å². The van der Waals surface area contributed by atoms with Crippen molar-refractivity contribution in [2.24, 2.45) is 0 Å². The first kappa shape index (κ1) is 14.4. The Morgan fingerprint density at radius 1 is 1.68 bits per heavy atom. The number of pyridine rings is 1. The van der Waals surface area contributed by atoms with Crippen LogP contribution in [0.4, 0.5) is 14.5 Å². The van der Waals surface area contributed by atoms with Gasteiger partial charge in [-0.3, -0.25) is 10.1 Å². The summed E-state index contributed by atoms with van der Waals surface area (Å²) in [6.45, 7) is 1.32. The van der Waals surface area contributed by atoms with E-state index in [-0.39, 0.29) is 6.61 Å². The quantitative estimate of drug-likeness (QED) is 0.470. The molecule has 0 atom stereocenters. The number of aromatic nitrogens is 1. The molecule has 7 nitrogen and oxygen atoms in total. The van der Waals surface area contributed by atoms with Gasteiger partial charge in [0.15, 0.2) is 5.69 Å². The van der Waals surface area contributed by atoms with Crippen LogP contribution in [0, 0.1) is 21.4 Å². The van der Waals surface area contributed by atoms with Crippen LogP contribution in [0.5, 0.6) is 0 Å². The van der Waals surface area contributed by atoms with Crippen LogP contribution in [0.3, 0.4) is 0 Å². The Balaban J connectivity index is 3.58. The van der Waals surface area contributed by atoms with Crippen LogP contribution < -0.4 is 0 Å². The molecular formula is C10H7F2N3O4. The molecule has 100 valence electrons. The number of hydrogen-bond donors (Lipinski definition) is 0. The molecule has 0 bridgehead atoms. The normalized spacial score (nSPS) is 10.1. The second kappa shape index (κ2) is 5.81. The Morgan fingerprint density at radius 3 is 2.74 bits per heavy atom. The largest absolute Gasteiger partial charge is 0.461 e. The molecule has 9 heteroatoms. The van der Waals surface area contributed by atoms with Crippen molar-refractivity contribution in [3.8, 4) is 6.07 Å². The molecule has 1 rings (SSSR count). The number of nitrogens with zero attached hydrogens (tertiary/aromatic N) is 3. The Labute approximate surface area is 105 Å². The molecule has 1 aromatic rings. The third-order valence-corrected chi connectivity index (χ3v) is 2.04. The predicted octanol–water partition coefficient (Wildman–Crippen LogP) is 1.98. The van der Waals surface area contributed by atoms with Crippen LogP contribution in [-0.2, 0) is 4.74 Å². The van der Waals surface area contributed by atoms with E-state index in [0.717, 1.165) is 0 Å². The van der Waals surface area contributed by atoms with E-state index in [4.69, 9.17) is 5.26 Å². The number of carbonyl (C=O) groups excluding carboxylic acids is 1. The summed E-state index contributed by atoms with van der Waals surface area (Å²) >= 11 is 0. The predicted molar refractivity (Wildman–Crippen MR) is 56.5 cm³/mol. The summed E-state index contributed by atoms with van der Waals surface area (Å²) in [5, 5.41) is 19.3. The van der Waals surface area contributed by atoms with Gasteiger partial charge in [-0.1, -0.05) is 0 Å². The molecule has 0 N–H and O–H groups in total. The van der Waals surface area contributed by atoms with Gasteiger partial charge in [-0.2, -0.15) is 5.26 Å².